The summed E-state index contributed by atoms with van der Waals surface area (Å²) in [5.74, 6) is 0.500. The molecule has 9 heteroatoms. The van der Waals surface area contributed by atoms with Crippen LogP contribution < -0.4 is 19.8 Å². The fourth-order valence-corrected chi connectivity index (χ4v) is 3.16. The Morgan fingerprint density at radius 3 is 2.38 bits per heavy atom. The largest absolute Gasteiger partial charge is 0.497 e. The zero-order chi connectivity index (χ0) is 20.8. The third kappa shape index (κ3) is 4.81. The van der Waals surface area contributed by atoms with E-state index in [1.54, 1.807) is 30.3 Å². The molecule has 3 rings (SSSR count). The maximum absolute atomic E-state index is 12.3. The number of nitro benzene ring substituents is 1. The molecule has 2 aromatic rings. The molecule has 1 fully saturated rings. The van der Waals surface area contributed by atoms with E-state index >= 15 is 0 Å². The van der Waals surface area contributed by atoms with Crippen molar-refractivity contribution in [2.24, 2.45) is 5.10 Å². The molecule has 152 valence electrons. The average molecular weight is 398 g/mol. The third-order valence-corrected chi connectivity index (χ3v) is 4.64. The van der Waals surface area contributed by atoms with Gasteiger partial charge in [-0.15, -0.1) is 0 Å². The number of anilines is 1. The third-order valence-electron chi connectivity index (χ3n) is 4.64. The van der Waals surface area contributed by atoms with Crippen LogP contribution in [0.4, 0.5) is 11.4 Å². The smallest absolute Gasteiger partial charge is 0.293 e. The van der Waals surface area contributed by atoms with Gasteiger partial charge in [-0.2, -0.15) is 5.10 Å². The maximum Gasteiger partial charge on any atom is 0.293 e. The van der Waals surface area contributed by atoms with Crippen LogP contribution in [-0.2, 0) is 0 Å². The van der Waals surface area contributed by atoms with E-state index < -0.39 is 10.8 Å². The Morgan fingerprint density at radius 1 is 1.14 bits per heavy atom. The molecule has 1 amide bonds. The number of hydrazone groups is 1. The van der Waals surface area contributed by atoms with Crippen molar-refractivity contribution in [1.29, 1.82) is 0 Å². The first-order valence-corrected chi connectivity index (χ1v) is 9.11. The minimum absolute atomic E-state index is 0.0275. The normalized spacial score (nSPS) is 13.5. The second kappa shape index (κ2) is 9.05. The standard InChI is InChI=1S/C20H22N4O5/c1-28-16-10-15(11-17(12-16)29-2)20(25)22-21-13-14-5-6-18(19(9-14)24(26)27)23-7-3-4-8-23/h5-6,9-13H,3-4,7-8H2,1-2H3,(H,22,25)/b21-13+. The molecule has 0 atom stereocenters. The molecule has 0 bridgehead atoms. The van der Waals surface area contributed by atoms with Gasteiger partial charge in [0.05, 0.1) is 25.4 Å². The summed E-state index contributed by atoms with van der Waals surface area (Å²) in [5.41, 5.74) is 3.87. The highest BCUT2D eigenvalue weighted by molar-refractivity contribution is 5.95. The van der Waals surface area contributed by atoms with Gasteiger partial charge in [-0.25, -0.2) is 5.43 Å². The molecule has 0 saturated carbocycles. The van der Waals surface area contributed by atoms with E-state index in [1.807, 2.05) is 4.90 Å². The molecular formula is C20H22N4O5. The van der Waals surface area contributed by atoms with Crippen LogP contribution >= 0.6 is 0 Å². The number of hydrogen-bond donors (Lipinski definition) is 1. The van der Waals surface area contributed by atoms with E-state index in [9.17, 15) is 14.9 Å². The summed E-state index contributed by atoms with van der Waals surface area (Å²) in [6, 6.07) is 9.69. The van der Waals surface area contributed by atoms with Gasteiger partial charge in [0, 0.05) is 36.3 Å². The number of nitrogens with one attached hydrogen (secondary N) is 1. The van der Waals surface area contributed by atoms with E-state index in [0.29, 0.717) is 28.3 Å². The highest BCUT2D eigenvalue weighted by atomic mass is 16.6. The summed E-state index contributed by atoms with van der Waals surface area (Å²) >= 11 is 0. The molecule has 1 aliphatic heterocycles. The summed E-state index contributed by atoms with van der Waals surface area (Å²) in [6.07, 6.45) is 3.43. The number of carbonyl (C=O) groups is 1. The van der Waals surface area contributed by atoms with Crippen LogP contribution in [0.1, 0.15) is 28.8 Å². The van der Waals surface area contributed by atoms with Crippen LogP contribution in [0.15, 0.2) is 41.5 Å². The van der Waals surface area contributed by atoms with Crippen molar-refractivity contribution >= 4 is 23.5 Å². The van der Waals surface area contributed by atoms with Crippen molar-refractivity contribution in [3.8, 4) is 11.5 Å². The summed E-state index contributed by atoms with van der Waals surface area (Å²) in [7, 11) is 2.99. The molecule has 1 N–H and O–H groups in total. The Bertz CT molecular complexity index is 916. The lowest BCUT2D eigenvalue weighted by Crippen LogP contribution is -2.19. The molecule has 0 spiro atoms. The molecule has 2 aromatic carbocycles. The average Bonchev–Trinajstić information content (AvgIpc) is 3.27. The fourth-order valence-electron chi connectivity index (χ4n) is 3.16. The molecule has 29 heavy (non-hydrogen) atoms. The summed E-state index contributed by atoms with van der Waals surface area (Å²) in [4.78, 5) is 25.4. The highest BCUT2D eigenvalue weighted by Crippen LogP contribution is 2.31. The lowest BCUT2D eigenvalue weighted by Gasteiger charge is -2.17. The van der Waals surface area contributed by atoms with Crippen LogP contribution in [0.3, 0.4) is 0 Å². The zero-order valence-corrected chi connectivity index (χ0v) is 16.3. The zero-order valence-electron chi connectivity index (χ0n) is 16.3. The van der Waals surface area contributed by atoms with Crippen molar-refractivity contribution in [2.45, 2.75) is 12.8 Å². The number of carbonyl (C=O) groups excluding carboxylic acids is 1. The van der Waals surface area contributed by atoms with Crippen molar-refractivity contribution in [3.63, 3.8) is 0 Å². The van der Waals surface area contributed by atoms with Crippen molar-refractivity contribution < 1.29 is 19.2 Å². The van der Waals surface area contributed by atoms with Crippen LogP contribution in [-0.4, -0.2) is 44.4 Å². The quantitative estimate of drug-likeness (QED) is 0.437. The van der Waals surface area contributed by atoms with Crippen LogP contribution in [0, 0.1) is 10.1 Å². The van der Waals surface area contributed by atoms with Crippen LogP contribution in [0.25, 0.3) is 0 Å². The summed E-state index contributed by atoms with van der Waals surface area (Å²) < 4.78 is 10.3. The van der Waals surface area contributed by atoms with E-state index in [-0.39, 0.29) is 5.69 Å². The van der Waals surface area contributed by atoms with Gasteiger partial charge in [0.2, 0.25) is 0 Å². The Hall–Kier alpha value is -3.62. The predicted molar refractivity (Wildman–Crippen MR) is 109 cm³/mol. The Morgan fingerprint density at radius 2 is 1.79 bits per heavy atom. The molecule has 0 radical (unpaired) electrons. The number of rotatable bonds is 7. The number of amides is 1. The second-order valence-corrected chi connectivity index (χ2v) is 6.50. The van der Waals surface area contributed by atoms with E-state index in [2.05, 4.69) is 10.5 Å². The van der Waals surface area contributed by atoms with Gasteiger partial charge in [0.15, 0.2) is 0 Å². The van der Waals surface area contributed by atoms with Crippen LogP contribution in [0.5, 0.6) is 11.5 Å². The van der Waals surface area contributed by atoms with Crippen molar-refractivity contribution in [1.82, 2.24) is 5.43 Å². The molecule has 0 unspecified atom stereocenters. The topological polar surface area (TPSA) is 106 Å². The summed E-state index contributed by atoms with van der Waals surface area (Å²) in [6.45, 7) is 1.63. The molecule has 9 nitrogen and oxygen atoms in total. The van der Waals surface area contributed by atoms with E-state index in [0.717, 1.165) is 25.9 Å². The van der Waals surface area contributed by atoms with Gasteiger partial charge in [0.25, 0.3) is 11.6 Å². The molecule has 0 aliphatic carbocycles. The number of methoxy groups -OCH3 is 2. The van der Waals surface area contributed by atoms with Crippen molar-refractivity contribution in [3.05, 3.63) is 57.6 Å². The lowest BCUT2D eigenvalue weighted by molar-refractivity contribution is -0.384. The number of benzene rings is 2. The Balaban J connectivity index is 1.74. The first kappa shape index (κ1) is 20.1. The molecule has 1 heterocycles. The SMILES string of the molecule is COc1cc(OC)cc(C(=O)N/N=C/c2ccc(N3CCCC3)c([N+](=O)[O-])c2)c1. The van der Waals surface area contributed by atoms with Crippen molar-refractivity contribution in [2.75, 3.05) is 32.2 Å². The first-order chi connectivity index (χ1) is 14.0. The first-order valence-electron chi connectivity index (χ1n) is 9.11. The minimum atomic E-state index is -0.457. The van der Waals surface area contributed by atoms with Gasteiger partial charge in [-0.1, -0.05) is 6.07 Å². The number of nitrogens with zero attached hydrogens (tertiary/aromatic N) is 3. The van der Waals surface area contributed by atoms with E-state index in [1.165, 1.54) is 26.5 Å². The molecule has 1 aliphatic rings. The Kier molecular flexibility index (Phi) is 6.28. The predicted octanol–water partition coefficient (Wildman–Crippen LogP) is 2.98. The number of nitro groups is 1. The molecule has 0 aromatic heterocycles. The van der Waals surface area contributed by atoms with Gasteiger partial charge >= 0.3 is 0 Å². The van der Waals surface area contributed by atoms with Gasteiger partial charge < -0.3 is 14.4 Å². The highest BCUT2D eigenvalue weighted by Gasteiger charge is 2.22. The summed E-state index contributed by atoms with van der Waals surface area (Å²) in [5, 5.41) is 15.4. The van der Waals surface area contributed by atoms with Gasteiger partial charge in [-0.3, -0.25) is 14.9 Å². The molecular weight excluding hydrogens is 376 g/mol. The van der Waals surface area contributed by atoms with Gasteiger partial charge in [0.1, 0.15) is 17.2 Å². The molecule has 1 saturated heterocycles. The van der Waals surface area contributed by atoms with E-state index in [4.69, 9.17) is 9.47 Å². The fraction of sp³-hybridized carbons (Fsp3) is 0.300. The monoisotopic (exact) mass is 398 g/mol. The van der Waals surface area contributed by atoms with Gasteiger partial charge in [-0.05, 0) is 31.0 Å². The van der Waals surface area contributed by atoms with Crippen LogP contribution in [0.2, 0.25) is 0 Å². The minimum Gasteiger partial charge on any atom is -0.497 e. The lowest BCUT2D eigenvalue weighted by atomic mass is 10.1. The Labute approximate surface area is 168 Å². The second-order valence-electron chi connectivity index (χ2n) is 6.50. The number of ether oxygens (including phenoxy) is 2. The maximum atomic E-state index is 12.3. The number of hydrogen-bond acceptors (Lipinski definition) is 7.